The Kier molecular flexibility index (Phi) is 6.73. The van der Waals surface area contributed by atoms with Crippen LogP contribution in [0.4, 0.5) is 0 Å². The molecule has 0 aromatic heterocycles. The number of rotatable bonds is 4. The van der Waals surface area contributed by atoms with Crippen molar-refractivity contribution < 1.29 is 14.1 Å². The molecule has 2 unspecified atom stereocenters. The Morgan fingerprint density at radius 2 is 2.11 bits per heavy atom. The van der Waals surface area contributed by atoms with E-state index >= 15 is 0 Å². The first-order valence-corrected chi connectivity index (χ1v) is 7.56. The maximum atomic E-state index is 12.1. The van der Waals surface area contributed by atoms with E-state index in [0.29, 0.717) is 12.0 Å². The van der Waals surface area contributed by atoms with E-state index in [1.54, 1.807) is 0 Å². The first-order valence-electron chi connectivity index (χ1n) is 6.41. The number of nitrogens with one attached hydrogen (secondary N) is 1. The van der Waals surface area contributed by atoms with Gasteiger partial charge >= 0.3 is 0 Å². The molecule has 1 aliphatic carbocycles. The summed E-state index contributed by atoms with van der Waals surface area (Å²) in [6.45, 7) is 3.91. The van der Waals surface area contributed by atoms with Crippen molar-refractivity contribution in [2.75, 3.05) is 0 Å². The van der Waals surface area contributed by atoms with E-state index in [-0.39, 0.29) is 6.47 Å². The molecule has 1 fully saturated rings. The first kappa shape index (κ1) is 15.9. The number of carboxylic acid groups (broad SMARTS) is 1. The molecule has 2 N–H and O–H groups in total. The van der Waals surface area contributed by atoms with Gasteiger partial charge in [-0.3, -0.25) is 4.79 Å². The van der Waals surface area contributed by atoms with Crippen LogP contribution in [0, 0.1) is 12.8 Å². The Labute approximate surface area is 116 Å². The highest BCUT2D eigenvalue weighted by atomic mass is 32.2. The zero-order valence-corrected chi connectivity index (χ0v) is 12.2. The Morgan fingerprint density at radius 3 is 2.58 bits per heavy atom. The summed E-state index contributed by atoms with van der Waals surface area (Å²) < 4.78 is 15.2. The molecule has 1 aromatic rings. The summed E-state index contributed by atoms with van der Waals surface area (Å²) in [5.41, 5.74) is 1.16. The molecular formula is C14H21NO3S. The molecule has 0 saturated heterocycles. The lowest BCUT2D eigenvalue weighted by Crippen LogP contribution is -2.38. The van der Waals surface area contributed by atoms with Crippen molar-refractivity contribution in [3.63, 3.8) is 0 Å². The fourth-order valence-electron chi connectivity index (χ4n) is 2.00. The van der Waals surface area contributed by atoms with Gasteiger partial charge in [-0.1, -0.05) is 18.6 Å². The van der Waals surface area contributed by atoms with E-state index in [2.05, 4.69) is 11.6 Å². The van der Waals surface area contributed by atoms with E-state index in [0.717, 1.165) is 10.5 Å². The summed E-state index contributed by atoms with van der Waals surface area (Å²) in [4.78, 5) is 9.24. The van der Waals surface area contributed by atoms with Crippen LogP contribution in [0.3, 0.4) is 0 Å². The van der Waals surface area contributed by atoms with Crippen LogP contribution in [0.15, 0.2) is 29.2 Å². The highest BCUT2D eigenvalue weighted by molar-refractivity contribution is 7.83. The van der Waals surface area contributed by atoms with E-state index in [1.807, 2.05) is 31.2 Å². The number of carbonyl (C=O) groups is 1. The van der Waals surface area contributed by atoms with Crippen molar-refractivity contribution in [3.05, 3.63) is 29.8 Å². The van der Waals surface area contributed by atoms with Crippen molar-refractivity contribution in [1.29, 1.82) is 0 Å². The standard InChI is InChI=1S/C13H19NOS.CH2O2/c1-10-5-3-8-13(9-10)16(15)14-11(2)12-6-4-7-12;2-1-3/h3,5,8-9,11-12,14H,4,6-7H2,1-2H3;1H,(H,2,3). The quantitative estimate of drug-likeness (QED) is 0.834. The van der Waals surface area contributed by atoms with Gasteiger partial charge in [-0.2, -0.15) is 0 Å². The zero-order chi connectivity index (χ0) is 14.3. The van der Waals surface area contributed by atoms with Crippen LogP contribution in [0.5, 0.6) is 0 Å². The summed E-state index contributed by atoms with van der Waals surface area (Å²) in [5, 5.41) is 6.89. The predicted molar refractivity (Wildman–Crippen MR) is 76.2 cm³/mol. The molecule has 0 aliphatic heterocycles. The number of aryl methyl sites for hydroxylation is 1. The summed E-state index contributed by atoms with van der Waals surface area (Å²) in [7, 11) is -1.06. The molecule has 2 rings (SSSR count). The molecule has 0 amide bonds. The van der Waals surface area contributed by atoms with E-state index in [9.17, 15) is 4.21 Å². The van der Waals surface area contributed by atoms with Crippen LogP contribution < -0.4 is 4.72 Å². The Bertz CT molecular complexity index is 432. The van der Waals surface area contributed by atoms with Crippen molar-refractivity contribution in [2.24, 2.45) is 5.92 Å². The summed E-state index contributed by atoms with van der Waals surface area (Å²) >= 11 is 0. The minimum absolute atomic E-state index is 0.250. The van der Waals surface area contributed by atoms with Gasteiger partial charge in [0.2, 0.25) is 0 Å². The van der Waals surface area contributed by atoms with Gasteiger partial charge in [0.05, 0.1) is 4.90 Å². The van der Waals surface area contributed by atoms with Crippen LogP contribution in [-0.4, -0.2) is 21.8 Å². The molecule has 1 aliphatic rings. The zero-order valence-electron chi connectivity index (χ0n) is 11.3. The fourth-order valence-corrected chi connectivity index (χ4v) is 3.16. The van der Waals surface area contributed by atoms with Gasteiger partial charge in [0, 0.05) is 6.04 Å². The topological polar surface area (TPSA) is 66.4 Å². The Balaban J connectivity index is 0.000000550. The lowest BCUT2D eigenvalue weighted by atomic mass is 9.81. The summed E-state index contributed by atoms with van der Waals surface area (Å²) in [5.74, 6) is 0.716. The predicted octanol–water partition coefficient (Wildman–Crippen LogP) is 2.50. The van der Waals surface area contributed by atoms with E-state index < -0.39 is 11.0 Å². The summed E-state index contributed by atoms with van der Waals surface area (Å²) in [6.07, 6.45) is 3.88. The van der Waals surface area contributed by atoms with Crippen molar-refractivity contribution >= 4 is 17.5 Å². The number of benzene rings is 1. The maximum absolute atomic E-state index is 12.1. The Morgan fingerprint density at radius 1 is 1.47 bits per heavy atom. The first-order chi connectivity index (χ1) is 9.08. The third-order valence-corrected chi connectivity index (χ3v) is 4.62. The molecule has 1 saturated carbocycles. The van der Waals surface area contributed by atoms with Gasteiger partial charge in [0.15, 0.2) is 0 Å². The molecule has 19 heavy (non-hydrogen) atoms. The van der Waals surface area contributed by atoms with Crippen molar-refractivity contribution in [3.8, 4) is 0 Å². The highest BCUT2D eigenvalue weighted by Gasteiger charge is 2.25. The SMILES string of the molecule is Cc1cccc(S(=O)NC(C)C2CCC2)c1.O=CO. The molecular weight excluding hydrogens is 262 g/mol. The van der Waals surface area contributed by atoms with Gasteiger partial charge in [0.25, 0.3) is 6.47 Å². The van der Waals surface area contributed by atoms with Crippen LogP contribution in [-0.2, 0) is 15.8 Å². The molecule has 4 nitrogen and oxygen atoms in total. The third kappa shape index (κ3) is 5.12. The molecule has 1 aromatic carbocycles. The average Bonchev–Trinajstić information content (AvgIpc) is 2.27. The lowest BCUT2D eigenvalue weighted by Gasteiger charge is -2.31. The van der Waals surface area contributed by atoms with Gasteiger partial charge in [-0.25, -0.2) is 8.93 Å². The monoisotopic (exact) mass is 283 g/mol. The van der Waals surface area contributed by atoms with Crippen LogP contribution in [0.25, 0.3) is 0 Å². The second-order valence-electron chi connectivity index (χ2n) is 4.79. The average molecular weight is 283 g/mol. The van der Waals surface area contributed by atoms with Crippen LogP contribution >= 0.6 is 0 Å². The molecule has 0 spiro atoms. The highest BCUT2D eigenvalue weighted by Crippen LogP contribution is 2.29. The minimum atomic E-state index is -1.06. The minimum Gasteiger partial charge on any atom is -0.483 e. The second kappa shape index (κ2) is 8.07. The maximum Gasteiger partial charge on any atom is 0.290 e. The lowest BCUT2D eigenvalue weighted by molar-refractivity contribution is -0.122. The van der Waals surface area contributed by atoms with E-state index in [1.165, 1.54) is 19.3 Å². The molecule has 0 heterocycles. The molecule has 0 radical (unpaired) electrons. The second-order valence-corrected chi connectivity index (χ2v) is 6.03. The van der Waals surface area contributed by atoms with E-state index in [4.69, 9.17) is 9.90 Å². The molecule has 5 heteroatoms. The van der Waals surface area contributed by atoms with Crippen molar-refractivity contribution in [2.45, 2.75) is 44.0 Å². The normalized spacial score (nSPS) is 17.6. The Hall–Kier alpha value is -1.20. The third-order valence-electron chi connectivity index (χ3n) is 3.35. The van der Waals surface area contributed by atoms with Gasteiger partial charge in [0.1, 0.15) is 11.0 Å². The molecule has 106 valence electrons. The summed E-state index contributed by atoms with van der Waals surface area (Å²) in [6, 6.07) is 8.24. The fraction of sp³-hybridized carbons (Fsp3) is 0.500. The van der Waals surface area contributed by atoms with Crippen LogP contribution in [0.2, 0.25) is 0 Å². The smallest absolute Gasteiger partial charge is 0.290 e. The molecule has 0 bridgehead atoms. The van der Waals surface area contributed by atoms with Gasteiger partial charge in [-0.15, -0.1) is 0 Å². The van der Waals surface area contributed by atoms with Gasteiger partial charge < -0.3 is 5.11 Å². The van der Waals surface area contributed by atoms with Crippen LogP contribution in [0.1, 0.15) is 31.7 Å². The van der Waals surface area contributed by atoms with Gasteiger partial charge in [-0.05, 0) is 50.3 Å². The number of hydrogen-bond acceptors (Lipinski definition) is 2. The molecule has 2 atom stereocenters. The number of hydrogen-bond donors (Lipinski definition) is 2. The van der Waals surface area contributed by atoms with Crippen molar-refractivity contribution in [1.82, 2.24) is 4.72 Å². The largest absolute Gasteiger partial charge is 0.483 e.